The van der Waals surface area contributed by atoms with Crippen LogP contribution in [0.3, 0.4) is 0 Å². The number of aliphatic hydroxyl groups excluding tert-OH is 1. The number of nitrogens with two attached hydrogens (primary N) is 1. The Morgan fingerprint density at radius 3 is 2.56 bits per heavy atom. The summed E-state index contributed by atoms with van der Waals surface area (Å²) in [7, 11) is 1.64. The second kappa shape index (κ2) is 8.13. The van der Waals surface area contributed by atoms with Crippen LogP contribution in [0, 0.1) is 0 Å². The first kappa shape index (κ1) is 19.7. The van der Waals surface area contributed by atoms with Gasteiger partial charge >= 0.3 is 0 Å². The van der Waals surface area contributed by atoms with E-state index < -0.39 is 0 Å². The predicted octanol–water partition coefficient (Wildman–Crippen LogP) is 4.23. The van der Waals surface area contributed by atoms with E-state index in [0.717, 1.165) is 39.3 Å². The summed E-state index contributed by atoms with van der Waals surface area (Å²) in [6.45, 7) is -0.0222. The van der Waals surface area contributed by atoms with Crippen molar-refractivity contribution in [1.82, 2.24) is 19.5 Å². The van der Waals surface area contributed by atoms with Crippen molar-refractivity contribution in [3.63, 3.8) is 0 Å². The smallest absolute Gasteiger partial charge is 0.165 e. The summed E-state index contributed by atoms with van der Waals surface area (Å²) in [5.74, 6) is 1.81. The molecule has 0 fully saturated rings. The van der Waals surface area contributed by atoms with Crippen LogP contribution >= 0.6 is 0 Å². The third kappa shape index (κ3) is 3.44. The van der Waals surface area contributed by atoms with Gasteiger partial charge in [-0.2, -0.15) is 0 Å². The standard InChI is InChI=1S/C25H21N5O2/c1-32-19-5-2-4-17(14-19)21-11-12-22-25(28-21)30(18-9-7-16(15-31)8-10-18)24(29-22)20-6-3-13-27-23(20)26/h2-14,31H,15H2,1H3,(H2,26,27). The normalized spacial score (nSPS) is 11.1. The quantitative estimate of drug-likeness (QED) is 0.439. The monoisotopic (exact) mass is 423 g/mol. The predicted molar refractivity (Wildman–Crippen MR) is 124 cm³/mol. The van der Waals surface area contributed by atoms with Crippen molar-refractivity contribution in [3.8, 4) is 34.1 Å². The van der Waals surface area contributed by atoms with Gasteiger partial charge in [-0.05, 0) is 54.1 Å². The van der Waals surface area contributed by atoms with E-state index in [0.29, 0.717) is 17.3 Å². The molecule has 0 aliphatic rings. The third-order valence-corrected chi connectivity index (χ3v) is 5.33. The summed E-state index contributed by atoms with van der Waals surface area (Å²) in [6, 6.07) is 23.0. The van der Waals surface area contributed by atoms with E-state index in [1.165, 1.54) is 0 Å². The van der Waals surface area contributed by atoms with Crippen molar-refractivity contribution in [2.75, 3.05) is 12.8 Å². The molecule has 158 valence electrons. The molecule has 3 heterocycles. The van der Waals surface area contributed by atoms with Gasteiger partial charge < -0.3 is 15.6 Å². The highest BCUT2D eigenvalue weighted by Crippen LogP contribution is 2.32. The Labute approximate surface area is 184 Å². The number of benzene rings is 2. The lowest BCUT2D eigenvalue weighted by Gasteiger charge is -2.11. The highest BCUT2D eigenvalue weighted by atomic mass is 16.5. The van der Waals surface area contributed by atoms with Gasteiger partial charge in [0.2, 0.25) is 0 Å². The maximum Gasteiger partial charge on any atom is 0.165 e. The topological polar surface area (TPSA) is 99.1 Å². The second-order valence-corrected chi connectivity index (χ2v) is 7.30. The minimum Gasteiger partial charge on any atom is -0.497 e. The number of anilines is 1. The molecule has 2 aromatic carbocycles. The van der Waals surface area contributed by atoms with Gasteiger partial charge in [0.1, 0.15) is 17.1 Å². The maximum absolute atomic E-state index is 9.44. The lowest BCUT2D eigenvalue weighted by molar-refractivity contribution is 0.282. The van der Waals surface area contributed by atoms with E-state index in [1.807, 2.05) is 77.4 Å². The number of aromatic nitrogens is 4. The molecule has 0 unspecified atom stereocenters. The minimum absolute atomic E-state index is 0.0222. The molecule has 0 spiro atoms. The van der Waals surface area contributed by atoms with Crippen LogP contribution in [0.2, 0.25) is 0 Å². The molecular weight excluding hydrogens is 402 g/mol. The van der Waals surface area contributed by atoms with Crippen molar-refractivity contribution in [2.45, 2.75) is 6.61 Å². The summed E-state index contributed by atoms with van der Waals surface area (Å²) < 4.78 is 7.33. The van der Waals surface area contributed by atoms with Crippen LogP contribution in [0.1, 0.15) is 5.56 Å². The van der Waals surface area contributed by atoms with E-state index in [-0.39, 0.29) is 6.61 Å². The third-order valence-electron chi connectivity index (χ3n) is 5.33. The Morgan fingerprint density at radius 1 is 0.969 bits per heavy atom. The van der Waals surface area contributed by atoms with E-state index in [9.17, 15) is 5.11 Å². The van der Waals surface area contributed by atoms with Gasteiger partial charge in [-0.1, -0.05) is 24.3 Å². The Balaban J connectivity index is 1.77. The Kier molecular flexibility index (Phi) is 5.01. The first-order valence-electron chi connectivity index (χ1n) is 10.1. The molecule has 0 radical (unpaired) electrons. The van der Waals surface area contributed by atoms with E-state index in [2.05, 4.69) is 4.98 Å². The van der Waals surface area contributed by atoms with Crippen LogP contribution in [0.4, 0.5) is 5.82 Å². The summed E-state index contributed by atoms with van der Waals surface area (Å²) in [4.78, 5) is 14.0. The zero-order chi connectivity index (χ0) is 22.1. The van der Waals surface area contributed by atoms with E-state index in [4.69, 9.17) is 20.4 Å². The largest absolute Gasteiger partial charge is 0.497 e. The molecule has 7 heteroatoms. The summed E-state index contributed by atoms with van der Waals surface area (Å²) >= 11 is 0. The number of pyridine rings is 2. The van der Waals surface area contributed by atoms with Crippen LogP contribution in [0.5, 0.6) is 5.75 Å². The fourth-order valence-corrected chi connectivity index (χ4v) is 3.68. The molecule has 0 amide bonds. The van der Waals surface area contributed by atoms with E-state index in [1.54, 1.807) is 13.3 Å². The van der Waals surface area contributed by atoms with Gasteiger partial charge in [-0.25, -0.2) is 15.0 Å². The van der Waals surface area contributed by atoms with Crippen LogP contribution in [0.25, 0.3) is 39.5 Å². The number of aliphatic hydroxyl groups is 1. The highest BCUT2D eigenvalue weighted by Gasteiger charge is 2.18. The number of methoxy groups -OCH3 is 1. The molecular formula is C25H21N5O2. The number of ether oxygens (including phenoxy) is 1. The number of fused-ring (bicyclic) bond motifs is 1. The Hall–Kier alpha value is -4.23. The lowest BCUT2D eigenvalue weighted by atomic mass is 10.1. The highest BCUT2D eigenvalue weighted by molar-refractivity contribution is 5.84. The van der Waals surface area contributed by atoms with Gasteiger partial charge in [-0.3, -0.25) is 4.57 Å². The molecule has 0 bridgehead atoms. The minimum atomic E-state index is -0.0222. The average molecular weight is 423 g/mol. The number of imidazole rings is 1. The molecule has 3 aromatic heterocycles. The molecule has 5 aromatic rings. The maximum atomic E-state index is 9.44. The van der Waals surface area contributed by atoms with Crippen LogP contribution in [0.15, 0.2) is 79.0 Å². The van der Waals surface area contributed by atoms with E-state index >= 15 is 0 Å². The molecule has 3 N–H and O–H groups in total. The van der Waals surface area contributed by atoms with Crippen molar-refractivity contribution < 1.29 is 9.84 Å². The lowest BCUT2D eigenvalue weighted by Crippen LogP contribution is -2.02. The van der Waals surface area contributed by atoms with Crippen LogP contribution in [-0.4, -0.2) is 31.7 Å². The Morgan fingerprint density at radius 2 is 1.81 bits per heavy atom. The number of rotatable bonds is 5. The molecule has 0 aliphatic carbocycles. The zero-order valence-corrected chi connectivity index (χ0v) is 17.4. The summed E-state index contributed by atoms with van der Waals surface area (Å²) in [5, 5.41) is 9.44. The molecule has 0 atom stereocenters. The molecule has 0 aliphatic heterocycles. The fraction of sp³-hybridized carbons (Fsp3) is 0.0800. The van der Waals surface area contributed by atoms with Crippen molar-refractivity contribution in [3.05, 3.63) is 84.6 Å². The average Bonchev–Trinajstić information content (AvgIpc) is 3.23. The molecule has 5 rings (SSSR count). The fourth-order valence-electron chi connectivity index (χ4n) is 3.68. The number of hydrogen-bond acceptors (Lipinski definition) is 6. The van der Waals surface area contributed by atoms with Crippen molar-refractivity contribution in [1.29, 1.82) is 0 Å². The molecule has 0 saturated carbocycles. The van der Waals surface area contributed by atoms with Gasteiger partial charge in [-0.15, -0.1) is 0 Å². The van der Waals surface area contributed by atoms with Gasteiger partial charge in [0.25, 0.3) is 0 Å². The van der Waals surface area contributed by atoms with Gasteiger partial charge in [0, 0.05) is 17.4 Å². The van der Waals surface area contributed by atoms with Crippen LogP contribution in [-0.2, 0) is 6.61 Å². The van der Waals surface area contributed by atoms with Crippen molar-refractivity contribution in [2.24, 2.45) is 0 Å². The van der Waals surface area contributed by atoms with Gasteiger partial charge in [0.15, 0.2) is 11.5 Å². The SMILES string of the molecule is COc1cccc(-c2ccc3nc(-c4cccnc4N)n(-c4ccc(CO)cc4)c3n2)c1. The molecule has 0 saturated heterocycles. The van der Waals surface area contributed by atoms with Crippen molar-refractivity contribution >= 4 is 17.0 Å². The first-order chi connectivity index (χ1) is 15.7. The second-order valence-electron chi connectivity index (χ2n) is 7.30. The first-order valence-corrected chi connectivity index (χ1v) is 10.1. The van der Waals surface area contributed by atoms with Crippen LogP contribution < -0.4 is 10.5 Å². The zero-order valence-electron chi connectivity index (χ0n) is 17.4. The summed E-state index contributed by atoms with van der Waals surface area (Å²) in [6.07, 6.45) is 1.65. The van der Waals surface area contributed by atoms with Gasteiger partial charge in [0.05, 0.1) is 25.0 Å². The molecule has 32 heavy (non-hydrogen) atoms. The number of nitrogen functional groups attached to an aromatic ring is 1. The Bertz CT molecular complexity index is 1410. The number of nitrogens with zero attached hydrogens (tertiary/aromatic N) is 4. The molecule has 7 nitrogen and oxygen atoms in total. The number of hydrogen-bond donors (Lipinski definition) is 2. The summed E-state index contributed by atoms with van der Waals surface area (Å²) in [5.41, 5.74) is 11.8.